The van der Waals surface area contributed by atoms with Crippen LogP contribution in [0.1, 0.15) is 87.2 Å². The summed E-state index contributed by atoms with van der Waals surface area (Å²) in [5.74, 6) is 1.29. The van der Waals surface area contributed by atoms with Gasteiger partial charge in [0.2, 0.25) is 0 Å². The van der Waals surface area contributed by atoms with Gasteiger partial charge in [-0.25, -0.2) is 4.57 Å². The van der Waals surface area contributed by atoms with E-state index in [-0.39, 0.29) is 11.8 Å². The average molecular weight is 483 g/mol. The van der Waals surface area contributed by atoms with Gasteiger partial charge >= 0.3 is 7.82 Å². The van der Waals surface area contributed by atoms with Crippen molar-refractivity contribution >= 4 is 31.0 Å². The maximum Gasteiger partial charge on any atom is 0.584 e. The molecule has 2 aromatic carbocycles. The molecule has 0 unspecified atom stereocenters. The fourth-order valence-corrected chi connectivity index (χ4v) is 6.17. The van der Waals surface area contributed by atoms with Crippen LogP contribution in [-0.2, 0) is 4.57 Å². The van der Waals surface area contributed by atoms with Gasteiger partial charge in [-0.15, -0.1) is 0 Å². The highest BCUT2D eigenvalue weighted by atomic mass is 35.5. The molecule has 2 aliphatic rings. The molecule has 0 saturated heterocycles. The van der Waals surface area contributed by atoms with Crippen LogP contribution >= 0.6 is 31.0 Å². The summed E-state index contributed by atoms with van der Waals surface area (Å²) in [5.41, 5.74) is 1.77. The zero-order chi connectivity index (χ0) is 21.8. The lowest BCUT2D eigenvalue weighted by atomic mass is 9.84. The molecular weight excluding hydrogens is 454 g/mol. The number of phosphoric ester groups is 1. The van der Waals surface area contributed by atoms with Crippen molar-refractivity contribution in [3.8, 4) is 11.5 Å². The van der Waals surface area contributed by atoms with E-state index in [1.165, 1.54) is 12.8 Å². The molecule has 0 bridgehead atoms. The van der Waals surface area contributed by atoms with Crippen LogP contribution in [0.4, 0.5) is 0 Å². The Morgan fingerprint density at radius 1 is 0.710 bits per heavy atom. The van der Waals surface area contributed by atoms with E-state index in [1.807, 2.05) is 12.1 Å². The summed E-state index contributed by atoms with van der Waals surface area (Å²) >= 11 is 12.5. The van der Waals surface area contributed by atoms with Gasteiger partial charge in [-0.1, -0.05) is 61.7 Å². The summed E-state index contributed by atoms with van der Waals surface area (Å²) < 4.78 is 24.3. The van der Waals surface area contributed by atoms with Crippen molar-refractivity contribution in [2.24, 2.45) is 0 Å². The molecule has 2 aliphatic carbocycles. The lowest BCUT2D eigenvalue weighted by Gasteiger charge is -2.26. The zero-order valence-corrected chi connectivity index (χ0v) is 20.0. The van der Waals surface area contributed by atoms with E-state index in [9.17, 15) is 9.46 Å². The molecule has 0 radical (unpaired) electrons. The van der Waals surface area contributed by atoms with Crippen LogP contribution in [0.25, 0.3) is 0 Å². The molecule has 2 fully saturated rings. The van der Waals surface area contributed by atoms with Crippen LogP contribution in [0.3, 0.4) is 0 Å². The molecule has 0 aliphatic heterocycles. The summed E-state index contributed by atoms with van der Waals surface area (Å²) in [4.78, 5) is 10.7. The van der Waals surface area contributed by atoms with Crippen LogP contribution in [0.2, 0.25) is 10.0 Å². The number of halogens is 2. The maximum absolute atomic E-state index is 13.0. The SMILES string of the molecule is O=P(O)(Oc1ccc(Cl)cc1C1CCCCC1)Oc1ccc(Cl)cc1C1CCCCC1. The maximum atomic E-state index is 13.0. The van der Waals surface area contributed by atoms with Crippen molar-refractivity contribution in [1.29, 1.82) is 0 Å². The second-order valence-electron chi connectivity index (χ2n) is 8.69. The topological polar surface area (TPSA) is 55.8 Å². The smallest absolute Gasteiger partial charge is 0.395 e. The largest absolute Gasteiger partial charge is 0.584 e. The van der Waals surface area contributed by atoms with Gasteiger partial charge in [0, 0.05) is 10.0 Å². The second-order valence-corrected chi connectivity index (χ2v) is 10.9. The second kappa shape index (κ2) is 10.2. The van der Waals surface area contributed by atoms with E-state index < -0.39 is 7.82 Å². The van der Waals surface area contributed by atoms with E-state index in [0.29, 0.717) is 21.5 Å². The number of benzene rings is 2. The molecular formula is C24H29Cl2O4P. The fraction of sp³-hybridized carbons (Fsp3) is 0.500. The Bertz CT molecular complexity index is 879. The molecule has 0 atom stereocenters. The van der Waals surface area contributed by atoms with Gasteiger partial charge in [0.15, 0.2) is 0 Å². The average Bonchev–Trinajstić information content (AvgIpc) is 2.77. The third kappa shape index (κ3) is 5.99. The minimum absolute atomic E-state index is 0.274. The molecule has 4 nitrogen and oxygen atoms in total. The lowest BCUT2D eigenvalue weighted by Crippen LogP contribution is -2.10. The predicted octanol–water partition coefficient (Wildman–Crippen LogP) is 8.65. The Kier molecular flexibility index (Phi) is 7.54. The first-order chi connectivity index (χ1) is 14.9. The van der Waals surface area contributed by atoms with Crippen molar-refractivity contribution in [3.63, 3.8) is 0 Å². The van der Waals surface area contributed by atoms with Gasteiger partial charge in [0.1, 0.15) is 11.5 Å². The van der Waals surface area contributed by atoms with Gasteiger partial charge in [-0.3, -0.25) is 4.89 Å². The van der Waals surface area contributed by atoms with Gasteiger partial charge < -0.3 is 9.05 Å². The van der Waals surface area contributed by atoms with E-state index >= 15 is 0 Å². The molecule has 0 amide bonds. The summed E-state index contributed by atoms with van der Waals surface area (Å²) in [6.07, 6.45) is 11.1. The van der Waals surface area contributed by atoms with E-state index in [0.717, 1.165) is 62.5 Å². The molecule has 2 aromatic rings. The Morgan fingerprint density at radius 3 is 1.48 bits per heavy atom. The van der Waals surface area contributed by atoms with Crippen LogP contribution in [-0.4, -0.2) is 4.89 Å². The van der Waals surface area contributed by atoms with Crippen LogP contribution in [0.5, 0.6) is 11.5 Å². The minimum Gasteiger partial charge on any atom is -0.395 e. The molecule has 0 aromatic heterocycles. The summed E-state index contributed by atoms with van der Waals surface area (Å²) in [6, 6.07) is 10.4. The van der Waals surface area contributed by atoms with Crippen LogP contribution in [0.15, 0.2) is 36.4 Å². The highest BCUT2D eigenvalue weighted by Crippen LogP contribution is 2.50. The van der Waals surface area contributed by atoms with Crippen molar-refractivity contribution in [1.82, 2.24) is 0 Å². The van der Waals surface area contributed by atoms with E-state index in [4.69, 9.17) is 32.2 Å². The first-order valence-electron chi connectivity index (χ1n) is 11.2. The molecule has 168 valence electrons. The monoisotopic (exact) mass is 482 g/mol. The van der Waals surface area contributed by atoms with Gasteiger partial charge in [0.25, 0.3) is 0 Å². The molecule has 1 N–H and O–H groups in total. The van der Waals surface area contributed by atoms with Crippen molar-refractivity contribution in [3.05, 3.63) is 57.6 Å². The number of hydrogen-bond donors (Lipinski definition) is 1. The van der Waals surface area contributed by atoms with Crippen LogP contribution in [0, 0.1) is 0 Å². The molecule has 7 heteroatoms. The van der Waals surface area contributed by atoms with Gasteiger partial charge in [-0.05, 0) is 85.0 Å². The Morgan fingerprint density at radius 2 is 1.10 bits per heavy atom. The Hall–Kier alpha value is -1.19. The van der Waals surface area contributed by atoms with Crippen LogP contribution < -0.4 is 9.05 Å². The standard InChI is InChI=1S/C24H29Cl2O4P/c25-19-11-13-23(21(15-19)17-7-3-1-4-8-17)29-31(27,28)30-24-14-12-20(26)16-22(24)18-9-5-2-6-10-18/h11-18H,1-10H2,(H,27,28). The summed E-state index contributed by atoms with van der Waals surface area (Å²) in [6.45, 7) is 0. The quantitative estimate of drug-likeness (QED) is 0.418. The van der Waals surface area contributed by atoms with Crippen molar-refractivity contribution < 1.29 is 18.5 Å². The zero-order valence-electron chi connectivity index (χ0n) is 17.6. The molecule has 31 heavy (non-hydrogen) atoms. The number of rotatable bonds is 6. The Balaban J connectivity index is 1.57. The molecule has 0 heterocycles. The van der Waals surface area contributed by atoms with E-state index in [1.54, 1.807) is 24.3 Å². The normalized spacial score (nSPS) is 18.7. The summed E-state index contributed by atoms with van der Waals surface area (Å²) in [5, 5.41) is 1.19. The summed E-state index contributed by atoms with van der Waals surface area (Å²) in [7, 11) is -4.41. The Labute approximate surface area is 194 Å². The molecule has 4 rings (SSSR count). The van der Waals surface area contributed by atoms with Crippen molar-refractivity contribution in [2.45, 2.75) is 76.0 Å². The third-order valence-corrected chi connectivity index (χ3v) is 7.79. The minimum atomic E-state index is -4.41. The van der Waals surface area contributed by atoms with Gasteiger partial charge in [0.05, 0.1) is 0 Å². The fourth-order valence-electron chi connectivity index (χ4n) is 4.94. The molecule has 0 spiro atoms. The van der Waals surface area contributed by atoms with E-state index in [2.05, 4.69) is 0 Å². The van der Waals surface area contributed by atoms with Gasteiger partial charge in [-0.2, -0.15) is 0 Å². The number of phosphoric acid groups is 1. The first-order valence-corrected chi connectivity index (χ1v) is 13.5. The lowest BCUT2D eigenvalue weighted by molar-refractivity contribution is 0.285. The first kappa shape index (κ1) is 23.0. The number of hydrogen-bond acceptors (Lipinski definition) is 3. The predicted molar refractivity (Wildman–Crippen MR) is 126 cm³/mol. The van der Waals surface area contributed by atoms with Crippen molar-refractivity contribution in [2.75, 3.05) is 0 Å². The highest BCUT2D eigenvalue weighted by Gasteiger charge is 2.31. The highest BCUT2D eigenvalue weighted by molar-refractivity contribution is 7.48. The molecule has 2 saturated carbocycles. The third-order valence-electron chi connectivity index (χ3n) is 6.46.